The summed E-state index contributed by atoms with van der Waals surface area (Å²) in [6.45, 7) is 4.31. The Kier molecular flexibility index (Phi) is 3.14. The highest BCUT2D eigenvalue weighted by Gasteiger charge is 2.39. The third kappa shape index (κ3) is 2.01. The van der Waals surface area contributed by atoms with E-state index in [0.717, 1.165) is 21.7 Å². The molecule has 1 atom stereocenters. The van der Waals surface area contributed by atoms with Gasteiger partial charge >= 0.3 is 6.98 Å². The number of benzene rings is 1. The van der Waals surface area contributed by atoms with E-state index in [0.29, 0.717) is 5.71 Å². The number of rotatable bonds is 1. The van der Waals surface area contributed by atoms with Crippen LogP contribution in [0.15, 0.2) is 40.8 Å². The lowest BCUT2D eigenvalue weighted by Gasteiger charge is -2.36. The van der Waals surface area contributed by atoms with Crippen molar-refractivity contribution in [1.29, 1.82) is 0 Å². The van der Waals surface area contributed by atoms with Crippen LogP contribution in [0.2, 0.25) is 0 Å². The molecule has 0 amide bonds. The second-order valence-corrected chi connectivity index (χ2v) is 7.20. The lowest BCUT2D eigenvalue weighted by atomic mass is 9.69. The zero-order valence-electron chi connectivity index (χ0n) is 15.5. The molecule has 26 heavy (non-hydrogen) atoms. The Labute approximate surface area is 152 Å². The number of anilines is 2. The number of para-hydroxylation sites is 2. The molecule has 5 nitrogen and oxygen atoms in total. The highest BCUT2D eigenvalue weighted by atomic mass is 16.3. The summed E-state index contributed by atoms with van der Waals surface area (Å²) in [6, 6.07) is 12.7. The van der Waals surface area contributed by atoms with Gasteiger partial charge in [0.25, 0.3) is 0 Å². The van der Waals surface area contributed by atoms with Gasteiger partial charge in [0.2, 0.25) is 5.71 Å². The van der Waals surface area contributed by atoms with Gasteiger partial charge in [0.05, 0.1) is 17.5 Å². The van der Waals surface area contributed by atoms with Gasteiger partial charge in [0.1, 0.15) is 5.42 Å². The molecule has 0 saturated heterocycles. The summed E-state index contributed by atoms with van der Waals surface area (Å²) >= 11 is 0. The normalized spacial score (nSPS) is 18.7. The van der Waals surface area contributed by atoms with Crippen LogP contribution >= 0.6 is 0 Å². The smallest absolute Gasteiger partial charge is 0.408 e. The van der Waals surface area contributed by atoms with Crippen molar-refractivity contribution in [1.82, 2.24) is 9.79 Å². The van der Waals surface area contributed by atoms with Crippen LogP contribution in [0.1, 0.15) is 12.6 Å². The molecule has 2 aromatic heterocycles. The molecule has 1 aromatic carbocycles. The highest BCUT2D eigenvalue weighted by Crippen LogP contribution is 2.39. The lowest BCUT2D eigenvalue weighted by molar-refractivity contribution is 0.560. The van der Waals surface area contributed by atoms with E-state index in [1.807, 2.05) is 13.0 Å². The van der Waals surface area contributed by atoms with Crippen LogP contribution in [0.3, 0.4) is 0 Å². The zero-order chi connectivity index (χ0) is 18.0. The van der Waals surface area contributed by atoms with E-state index >= 15 is 0 Å². The molecule has 0 unspecified atom stereocenters. The summed E-state index contributed by atoms with van der Waals surface area (Å²) < 4.78 is 6.09. The van der Waals surface area contributed by atoms with Crippen LogP contribution in [-0.2, 0) is 0 Å². The van der Waals surface area contributed by atoms with E-state index in [1.54, 1.807) is 0 Å². The van der Waals surface area contributed by atoms with Gasteiger partial charge in [0.15, 0.2) is 0 Å². The van der Waals surface area contributed by atoms with Crippen molar-refractivity contribution in [2.45, 2.75) is 20.0 Å². The number of hydrogen-bond acceptors (Lipinski definition) is 5. The minimum atomic E-state index is 0.0882. The molecule has 0 bridgehead atoms. The molecule has 2 aliphatic heterocycles. The molecule has 0 radical (unpaired) electrons. The molecule has 6 heteroatoms. The molecule has 3 aromatic rings. The average molecular weight is 344 g/mol. The van der Waals surface area contributed by atoms with E-state index in [9.17, 15) is 0 Å². The highest BCUT2D eigenvalue weighted by molar-refractivity contribution is 6.75. The average Bonchev–Trinajstić information content (AvgIpc) is 3.09. The molecule has 4 heterocycles. The fraction of sp³-hybridized carbons (Fsp3) is 0.250. The molecule has 0 spiro atoms. The quantitative estimate of drug-likeness (QED) is 0.631. The number of hydrogen-bond donors (Lipinski definition) is 0. The Hall–Kier alpha value is -2.89. The Balaban J connectivity index is 1.68. The van der Waals surface area contributed by atoms with Crippen LogP contribution in [0.4, 0.5) is 11.4 Å². The third-order valence-corrected chi connectivity index (χ3v) is 5.60. The van der Waals surface area contributed by atoms with Crippen molar-refractivity contribution in [3.05, 3.63) is 52.7 Å². The first kappa shape index (κ1) is 15.4. The molecular weight excluding hydrogens is 323 g/mol. The second-order valence-electron chi connectivity index (χ2n) is 7.20. The first-order chi connectivity index (χ1) is 12.5. The van der Waals surface area contributed by atoms with Crippen LogP contribution in [0.25, 0.3) is 23.3 Å². The Bertz CT molecular complexity index is 1140. The van der Waals surface area contributed by atoms with Crippen molar-refractivity contribution in [3.63, 3.8) is 0 Å². The summed E-state index contributed by atoms with van der Waals surface area (Å²) in [4.78, 5) is 11.5. The predicted octanol–water partition coefficient (Wildman–Crippen LogP) is 1.93. The van der Waals surface area contributed by atoms with Gasteiger partial charge in [0, 0.05) is 29.5 Å². The lowest BCUT2D eigenvalue weighted by Crippen LogP contribution is -2.56. The van der Waals surface area contributed by atoms with Gasteiger partial charge in [-0.15, -0.1) is 0 Å². The van der Waals surface area contributed by atoms with Gasteiger partial charge in [-0.2, -0.15) is 0 Å². The Morgan fingerprint density at radius 3 is 2.65 bits per heavy atom. The monoisotopic (exact) mass is 344 g/mol. The summed E-state index contributed by atoms with van der Waals surface area (Å²) in [5, 5.41) is 2.18. The summed E-state index contributed by atoms with van der Waals surface area (Å²) in [5.41, 5.74) is 5.09. The van der Waals surface area contributed by atoms with E-state index in [4.69, 9.17) is 4.42 Å². The van der Waals surface area contributed by atoms with Crippen molar-refractivity contribution < 1.29 is 4.42 Å². The van der Waals surface area contributed by atoms with Crippen molar-refractivity contribution >= 4 is 41.6 Å². The number of furan rings is 1. The van der Waals surface area contributed by atoms with E-state index in [1.165, 1.54) is 11.4 Å². The van der Waals surface area contributed by atoms with Crippen molar-refractivity contribution in [2.75, 3.05) is 23.8 Å². The fourth-order valence-corrected chi connectivity index (χ4v) is 4.11. The van der Waals surface area contributed by atoms with Gasteiger partial charge in [-0.3, -0.25) is 0 Å². The number of aromatic nitrogens is 1. The van der Waals surface area contributed by atoms with Crippen molar-refractivity contribution in [3.8, 4) is 0 Å². The van der Waals surface area contributed by atoms with Crippen LogP contribution in [0, 0.1) is 6.92 Å². The molecule has 0 fully saturated rings. The van der Waals surface area contributed by atoms with Gasteiger partial charge in [-0.1, -0.05) is 12.1 Å². The predicted molar refractivity (Wildman–Crippen MR) is 107 cm³/mol. The number of pyridine rings is 1. The summed E-state index contributed by atoms with van der Waals surface area (Å²) in [6.07, 6.45) is 2.44. The maximum absolute atomic E-state index is 6.09. The Morgan fingerprint density at radius 2 is 1.85 bits per heavy atom. The Morgan fingerprint density at radius 1 is 1.08 bits per heavy atom. The molecule has 5 rings (SSSR count). The molecule has 0 N–H and O–H groups in total. The summed E-state index contributed by atoms with van der Waals surface area (Å²) in [5.74, 6) is 2.21. The molecule has 2 aliphatic rings. The largest absolute Gasteiger partial charge is 0.439 e. The standard InChI is InChI=1S/C20H21BN4O/c1-13-9-10-15-16-12-23(3)21(11-19(16)26-20(15)22-13)25-14(2)24(4)17-7-5-6-8-18(17)25/h5-12,14H,1-4H3/t14-/m0/s1. The SMILES string of the molecule is Cc1ccc2c3c(oc2n1)=CB(N1c2ccccc2N(C)[C@@H]1C)N(C)C=3. The fourth-order valence-electron chi connectivity index (χ4n) is 4.11. The minimum absolute atomic E-state index is 0.0882. The van der Waals surface area contributed by atoms with Crippen molar-refractivity contribution in [2.24, 2.45) is 0 Å². The van der Waals surface area contributed by atoms with Gasteiger partial charge < -0.3 is 18.9 Å². The van der Waals surface area contributed by atoms with E-state index in [-0.39, 0.29) is 13.1 Å². The minimum Gasteiger partial charge on any atom is -0.439 e. The molecule has 130 valence electrons. The van der Waals surface area contributed by atoms with Gasteiger partial charge in [-0.05, 0) is 51.1 Å². The first-order valence-electron chi connectivity index (χ1n) is 8.96. The zero-order valence-corrected chi connectivity index (χ0v) is 15.5. The van der Waals surface area contributed by atoms with Crippen LogP contribution in [0.5, 0.6) is 0 Å². The van der Waals surface area contributed by atoms with Gasteiger partial charge in [-0.25, -0.2) is 4.98 Å². The topological polar surface area (TPSA) is 35.8 Å². The third-order valence-electron chi connectivity index (χ3n) is 5.60. The molecular formula is C20H21BN4O. The first-order valence-corrected chi connectivity index (χ1v) is 8.96. The molecule has 0 aliphatic carbocycles. The maximum Gasteiger partial charge on any atom is 0.408 e. The number of nitrogens with zero attached hydrogens (tertiary/aromatic N) is 4. The van der Waals surface area contributed by atoms with Crippen LogP contribution < -0.4 is 20.3 Å². The van der Waals surface area contributed by atoms with E-state index in [2.05, 4.69) is 83.0 Å². The maximum atomic E-state index is 6.09. The van der Waals surface area contributed by atoms with E-state index < -0.39 is 0 Å². The number of fused-ring (bicyclic) bond motifs is 4. The molecule has 0 saturated carbocycles. The number of aryl methyl sites for hydroxylation is 1. The van der Waals surface area contributed by atoms with Crippen LogP contribution in [-0.4, -0.2) is 37.0 Å². The summed E-state index contributed by atoms with van der Waals surface area (Å²) in [7, 11) is 4.27. The second kappa shape index (κ2) is 5.30.